The molecule has 0 spiro atoms. The number of methoxy groups -OCH3 is 2. The van der Waals surface area contributed by atoms with E-state index >= 15 is 0 Å². The van der Waals surface area contributed by atoms with Crippen molar-refractivity contribution >= 4 is 23.8 Å². The number of nitrogens with zero attached hydrogens (tertiary/aromatic N) is 1. The third-order valence-corrected chi connectivity index (χ3v) is 4.68. The van der Waals surface area contributed by atoms with Crippen molar-refractivity contribution in [3.8, 4) is 11.5 Å². The molecule has 1 fully saturated rings. The van der Waals surface area contributed by atoms with Crippen molar-refractivity contribution in [2.45, 2.75) is 32.2 Å². The molecule has 1 aromatic carbocycles. The molecule has 0 saturated carbocycles. The Bertz CT molecular complexity index is 768. The first-order chi connectivity index (χ1) is 13.3. The summed E-state index contributed by atoms with van der Waals surface area (Å²) in [5.74, 6) is -0.966. The number of nitrogens with one attached hydrogen (secondary N) is 3. The van der Waals surface area contributed by atoms with E-state index in [9.17, 15) is 19.2 Å². The molecule has 3 N–H and O–H groups in total. The Morgan fingerprint density at radius 3 is 2.07 bits per heavy atom. The average Bonchev–Trinajstić information content (AvgIpc) is 2.95. The van der Waals surface area contributed by atoms with Crippen molar-refractivity contribution in [3.05, 3.63) is 23.8 Å². The van der Waals surface area contributed by atoms with Crippen molar-refractivity contribution in [2.75, 3.05) is 20.8 Å². The minimum Gasteiger partial charge on any atom is -0.497 e. The maximum absolute atomic E-state index is 12.5. The SMILES string of the molecule is CCC1(CC)NC(=O)N(CC(=O)NNC(=O)c2cc(OC)cc(OC)c2)C1=O. The molecule has 0 radical (unpaired) electrons. The Hall–Kier alpha value is -3.30. The van der Waals surface area contributed by atoms with E-state index in [0.717, 1.165) is 4.90 Å². The van der Waals surface area contributed by atoms with Gasteiger partial charge in [0.15, 0.2) is 0 Å². The molecule has 0 atom stereocenters. The van der Waals surface area contributed by atoms with Crippen LogP contribution >= 0.6 is 0 Å². The molecule has 2 rings (SSSR count). The fourth-order valence-corrected chi connectivity index (χ4v) is 2.87. The number of benzene rings is 1. The summed E-state index contributed by atoms with van der Waals surface area (Å²) in [6, 6.07) is 3.91. The zero-order valence-electron chi connectivity index (χ0n) is 16.3. The van der Waals surface area contributed by atoms with E-state index in [1.807, 2.05) is 0 Å². The average molecular weight is 392 g/mol. The van der Waals surface area contributed by atoms with E-state index in [2.05, 4.69) is 16.2 Å². The van der Waals surface area contributed by atoms with Crippen LogP contribution in [0.15, 0.2) is 18.2 Å². The Balaban J connectivity index is 1.98. The number of rotatable bonds is 7. The minimum absolute atomic E-state index is 0.197. The van der Waals surface area contributed by atoms with Gasteiger partial charge in [0.1, 0.15) is 23.6 Å². The smallest absolute Gasteiger partial charge is 0.325 e. The summed E-state index contributed by atoms with van der Waals surface area (Å²) in [6.45, 7) is 3.07. The maximum atomic E-state index is 12.5. The zero-order chi connectivity index (χ0) is 20.9. The monoisotopic (exact) mass is 392 g/mol. The van der Waals surface area contributed by atoms with E-state index in [1.54, 1.807) is 19.9 Å². The lowest BCUT2D eigenvalue weighted by molar-refractivity contribution is -0.135. The summed E-state index contributed by atoms with van der Waals surface area (Å²) in [6.07, 6.45) is 0.835. The molecule has 1 aliphatic heterocycles. The zero-order valence-corrected chi connectivity index (χ0v) is 16.3. The second kappa shape index (κ2) is 8.59. The molecule has 152 valence electrons. The highest BCUT2D eigenvalue weighted by atomic mass is 16.5. The number of hydrogen-bond donors (Lipinski definition) is 3. The molecule has 28 heavy (non-hydrogen) atoms. The van der Waals surface area contributed by atoms with Gasteiger partial charge in [-0.2, -0.15) is 0 Å². The highest BCUT2D eigenvalue weighted by molar-refractivity contribution is 6.09. The Morgan fingerprint density at radius 2 is 1.61 bits per heavy atom. The normalized spacial score (nSPS) is 15.1. The molecule has 10 nitrogen and oxygen atoms in total. The van der Waals surface area contributed by atoms with Gasteiger partial charge in [-0.3, -0.25) is 30.1 Å². The molecule has 0 unspecified atom stereocenters. The quantitative estimate of drug-likeness (QED) is 0.460. The van der Waals surface area contributed by atoms with Crippen molar-refractivity contribution in [1.82, 2.24) is 21.1 Å². The van der Waals surface area contributed by atoms with Gasteiger partial charge in [0, 0.05) is 11.6 Å². The van der Waals surface area contributed by atoms with Crippen LogP contribution in [-0.4, -0.2) is 55.0 Å². The van der Waals surface area contributed by atoms with Gasteiger partial charge in [0.2, 0.25) is 0 Å². The Labute approximate surface area is 162 Å². The lowest BCUT2D eigenvalue weighted by Gasteiger charge is -2.23. The van der Waals surface area contributed by atoms with E-state index in [-0.39, 0.29) is 5.56 Å². The highest BCUT2D eigenvalue weighted by Crippen LogP contribution is 2.24. The van der Waals surface area contributed by atoms with Gasteiger partial charge in [0.25, 0.3) is 17.7 Å². The molecular formula is C18H24N4O6. The summed E-state index contributed by atoms with van der Waals surface area (Å²) in [5, 5.41) is 2.63. The molecule has 5 amide bonds. The molecular weight excluding hydrogens is 368 g/mol. The van der Waals surface area contributed by atoms with Crippen molar-refractivity contribution in [3.63, 3.8) is 0 Å². The van der Waals surface area contributed by atoms with Crippen LogP contribution in [0.2, 0.25) is 0 Å². The number of carbonyl (C=O) groups excluding carboxylic acids is 4. The fourth-order valence-electron chi connectivity index (χ4n) is 2.87. The van der Waals surface area contributed by atoms with E-state index in [0.29, 0.717) is 24.3 Å². The maximum Gasteiger partial charge on any atom is 0.325 e. The second-order valence-corrected chi connectivity index (χ2v) is 6.21. The summed E-state index contributed by atoms with van der Waals surface area (Å²) in [7, 11) is 2.89. The van der Waals surface area contributed by atoms with Crippen LogP contribution in [0.4, 0.5) is 4.79 Å². The summed E-state index contributed by atoms with van der Waals surface area (Å²) < 4.78 is 10.2. The third-order valence-electron chi connectivity index (χ3n) is 4.68. The van der Waals surface area contributed by atoms with Crippen LogP contribution in [0.1, 0.15) is 37.0 Å². The molecule has 1 aromatic rings. The van der Waals surface area contributed by atoms with Crippen molar-refractivity contribution < 1.29 is 28.7 Å². The molecule has 1 aliphatic rings. The first-order valence-corrected chi connectivity index (χ1v) is 8.76. The van der Waals surface area contributed by atoms with Crippen molar-refractivity contribution in [1.29, 1.82) is 0 Å². The van der Waals surface area contributed by atoms with E-state index in [4.69, 9.17) is 9.47 Å². The lowest BCUT2D eigenvalue weighted by Crippen LogP contribution is -2.49. The fraction of sp³-hybridized carbons (Fsp3) is 0.444. The van der Waals surface area contributed by atoms with E-state index in [1.165, 1.54) is 26.4 Å². The number of imide groups is 1. The Kier molecular flexibility index (Phi) is 6.45. The highest BCUT2D eigenvalue weighted by Gasteiger charge is 2.49. The van der Waals surface area contributed by atoms with Gasteiger partial charge in [-0.15, -0.1) is 0 Å². The summed E-state index contributed by atoms with van der Waals surface area (Å²) >= 11 is 0. The molecule has 0 aromatic heterocycles. The second-order valence-electron chi connectivity index (χ2n) is 6.21. The number of amides is 5. The topological polar surface area (TPSA) is 126 Å². The van der Waals surface area contributed by atoms with Crippen LogP contribution in [0.3, 0.4) is 0 Å². The first kappa shape index (κ1) is 21.0. The molecule has 10 heteroatoms. The number of hydrogen-bond acceptors (Lipinski definition) is 6. The number of ether oxygens (including phenoxy) is 2. The largest absolute Gasteiger partial charge is 0.497 e. The van der Waals surface area contributed by atoms with Crippen LogP contribution in [0, 0.1) is 0 Å². The lowest BCUT2D eigenvalue weighted by atomic mass is 9.93. The van der Waals surface area contributed by atoms with E-state index < -0.39 is 35.8 Å². The number of carbonyl (C=O) groups is 4. The first-order valence-electron chi connectivity index (χ1n) is 8.76. The summed E-state index contributed by atoms with van der Waals surface area (Å²) in [5.41, 5.74) is 3.64. The van der Waals surface area contributed by atoms with Gasteiger partial charge >= 0.3 is 6.03 Å². The Morgan fingerprint density at radius 1 is 1.04 bits per heavy atom. The van der Waals surface area contributed by atoms with Gasteiger partial charge in [-0.1, -0.05) is 13.8 Å². The van der Waals surface area contributed by atoms with Crippen LogP contribution in [0.5, 0.6) is 11.5 Å². The van der Waals surface area contributed by atoms with Crippen LogP contribution < -0.4 is 25.6 Å². The minimum atomic E-state index is -0.988. The standard InChI is InChI=1S/C18H24N4O6/c1-5-18(6-2)16(25)22(17(26)19-18)10-14(23)20-21-15(24)11-7-12(27-3)9-13(8-11)28-4/h7-9H,5-6,10H2,1-4H3,(H,19,26)(H,20,23)(H,21,24). The van der Waals surface area contributed by atoms with Crippen molar-refractivity contribution in [2.24, 2.45) is 0 Å². The molecule has 0 bridgehead atoms. The van der Waals surface area contributed by atoms with Crippen LogP contribution in [-0.2, 0) is 9.59 Å². The number of urea groups is 1. The summed E-state index contributed by atoms with van der Waals surface area (Å²) in [4.78, 5) is 49.7. The number of hydrazine groups is 1. The van der Waals surface area contributed by atoms with Gasteiger partial charge in [-0.25, -0.2) is 4.79 Å². The third kappa shape index (κ3) is 4.16. The molecule has 1 saturated heterocycles. The molecule has 1 heterocycles. The van der Waals surface area contributed by atoms with Gasteiger partial charge in [-0.05, 0) is 25.0 Å². The van der Waals surface area contributed by atoms with Crippen LogP contribution in [0.25, 0.3) is 0 Å². The predicted molar refractivity (Wildman–Crippen MR) is 98.7 cm³/mol. The van der Waals surface area contributed by atoms with Gasteiger partial charge < -0.3 is 14.8 Å². The predicted octanol–water partition coefficient (Wildman–Crippen LogP) is 0.575. The van der Waals surface area contributed by atoms with Gasteiger partial charge in [0.05, 0.1) is 14.2 Å². The molecule has 0 aliphatic carbocycles.